The molecule has 6 heteroatoms. The van der Waals surface area contributed by atoms with Gasteiger partial charge in [0, 0.05) is 6.42 Å². The summed E-state index contributed by atoms with van der Waals surface area (Å²) in [6, 6.07) is 6.40. The quantitative estimate of drug-likeness (QED) is 0.694. The minimum atomic E-state index is -0.348. The van der Waals surface area contributed by atoms with Crippen LogP contribution in [-0.4, -0.2) is 28.5 Å². The number of halogens is 1. The van der Waals surface area contributed by atoms with Crippen molar-refractivity contribution < 1.29 is 9.31 Å². The Morgan fingerprint density at radius 1 is 0.964 bits per heavy atom. The molecule has 0 spiro atoms. The van der Waals surface area contributed by atoms with E-state index in [2.05, 4.69) is 83.8 Å². The lowest BCUT2D eigenvalue weighted by Crippen LogP contribution is -2.41. The molecule has 1 fully saturated rings. The van der Waals surface area contributed by atoms with Crippen molar-refractivity contribution in [1.29, 1.82) is 0 Å². The van der Waals surface area contributed by atoms with E-state index < -0.39 is 0 Å². The van der Waals surface area contributed by atoms with Crippen LogP contribution in [0, 0.1) is 13.8 Å². The maximum atomic E-state index is 6.21. The third-order valence-corrected chi connectivity index (χ3v) is 6.34. The first-order chi connectivity index (χ1) is 12.9. The highest BCUT2D eigenvalue weighted by molar-refractivity contribution is 6.62. The molecule has 0 bridgehead atoms. The fraction of sp³-hybridized carbons (Fsp3) is 0.545. The Balaban J connectivity index is 1.89. The standard InChI is InChI=1S/C22H30BClN2O2/c1-13(2)18-11-17(25-26-20(18)24)12-19-14(3)9-16(10-15(19)4)23-27-21(5,6)22(7,8)28-23/h9-11,13H,12H2,1-8H3. The summed E-state index contributed by atoms with van der Waals surface area (Å²) in [6.45, 7) is 16.8. The lowest BCUT2D eigenvalue weighted by Gasteiger charge is -2.32. The largest absolute Gasteiger partial charge is 0.494 e. The van der Waals surface area contributed by atoms with E-state index in [9.17, 15) is 0 Å². The summed E-state index contributed by atoms with van der Waals surface area (Å²) in [5, 5.41) is 8.94. The Morgan fingerprint density at radius 3 is 2.00 bits per heavy atom. The second-order valence-electron chi connectivity index (χ2n) is 9.13. The first kappa shape index (κ1) is 21.3. The van der Waals surface area contributed by atoms with Crippen LogP contribution in [0.2, 0.25) is 5.15 Å². The van der Waals surface area contributed by atoms with Crippen LogP contribution in [0.4, 0.5) is 0 Å². The molecule has 0 aliphatic carbocycles. The van der Waals surface area contributed by atoms with E-state index >= 15 is 0 Å². The van der Waals surface area contributed by atoms with Crippen molar-refractivity contribution >= 4 is 24.2 Å². The highest BCUT2D eigenvalue weighted by Gasteiger charge is 2.51. The fourth-order valence-corrected chi connectivity index (χ4v) is 3.84. The van der Waals surface area contributed by atoms with Gasteiger partial charge in [-0.1, -0.05) is 37.6 Å². The number of aryl methyl sites for hydroxylation is 2. The second-order valence-corrected chi connectivity index (χ2v) is 9.49. The molecule has 3 rings (SSSR count). The summed E-state index contributed by atoms with van der Waals surface area (Å²) < 4.78 is 12.4. The SMILES string of the molecule is Cc1cc(B2OC(C)(C)C(C)(C)O2)cc(C)c1Cc1cc(C(C)C)c(Cl)nn1. The Kier molecular flexibility index (Phi) is 5.65. The van der Waals surface area contributed by atoms with Gasteiger partial charge in [-0.2, -0.15) is 5.10 Å². The highest BCUT2D eigenvalue weighted by atomic mass is 35.5. The molecule has 28 heavy (non-hydrogen) atoms. The third kappa shape index (κ3) is 3.98. The number of rotatable bonds is 4. The second kappa shape index (κ2) is 7.44. The zero-order chi connectivity index (χ0) is 20.9. The molecule has 0 saturated carbocycles. The summed E-state index contributed by atoms with van der Waals surface area (Å²) in [4.78, 5) is 0. The highest BCUT2D eigenvalue weighted by Crippen LogP contribution is 2.36. The number of nitrogens with zero attached hydrogens (tertiary/aromatic N) is 2. The van der Waals surface area contributed by atoms with Crippen LogP contribution < -0.4 is 5.46 Å². The third-order valence-electron chi connectivity index (χ3n) is 6.05. The smallest absolute Gasteiger partial charge is 0.399 e. The molecule has 0 N–H and O–H groups in total. The van der Waals surface area contributed by atoms with Crippen molar-refractivity contribution in [2.24, 2.45) is 0 Å². The molecule has 1 saturated heterocycles. The van der Waals surface area contributed by atoms with Gasteiger partial charge >= 0.3 is 7.12 Å². The minimum Gasteiger partial charge on any atom is -0.399 e. The van der Waals surface area contributed by atoms with Gasteiger partial charge in [0.1, 0.15) is 0 Å². The van der Waals surface area contributed by atoms with Gasteiger partial charge < -0.3 is 9.31 Å². The van der Waals surface area contributed by atoms with Crippen molar-refractivity contribution in [3.05, 3.63) is 51.3 Å². The van der Waals surface area contributed by atoms with Crippen molar-refractivity contribution in [2.75, 3.05) is 0 Å². The van der Waals surface area contributed by atoms with Gasteiger partial charge in [0.25, 0.3) is 0 Å². The van der Waals surface area contributed by atoms with Crippen LogP contribution in [0.25, 0.3) is 0 Å². The molecular weight excluding hydrogens is 371 g/mol. The number of hydrogen-bond donors (Lipinski definition) is 0. The molecule has 1 aromatic heterocycles. The van der Waals surface area contributed by atoms with E-state index in [4.69, 9.17) is 20.9 Å². The molecule has 0 unspecified atom stereocenters. The number of benzene rings is 1. The van der Waals surface area contributed by atoms with E-state index in [1.165, 1.54) is 16.7 Å². The van der Waals surface area contributed by atoms with Gasteiger partial charge in [-0.25, -0.2) is 0 Å². The monoisotopic (exact) mass is 400 g/mol. The molecular formula is C22H30BClN2O2. The van der Waals surface area contributed by atoms with Gasteiger partial charge in [-0.05, 0) is 81.2 Å². The Labute approximate surface area is 174 Å². The Bertz CT molecular complexity index is 857. The van der Waals surface area contributed by atoms with E-state index in [-0.39, 0.29) is 18.3 Å². The summed E-state index contributed by atoms with van der Waals surface area (Å²) in [5.74, 6) is 0.315. The maximum Gasteiger partial charge on any atom is 0.494 e. The van der Waals surface area contributed by atoms with Crippen molar-refractivity contribution in [2.45, 2.75) is 78.9 Å². The van der Waals surface area contributed by atoms with Gasteiger partial charge in [0.15, 0.2) is 5.15 Å². The molecule has 1 aliphatic heterocycles. The summed E-state index contributed by atoms with van der Waals surface area (Å²) >= 11 is 6.19. The molecule has 1 aliphatic rings. The summed E-state index contributed by atoms with van der Waals surface area (Å²) in [7, 11) is -0.348. The van der Waals surface area contributed by atoms with Gasteiger partial charge in [0.05, 0.1) is 16.9 Å². The van der Waals surface area contributed by atoms with Gasteiger partial charge in [-0.15, -0.1) is 5.10 Å². The van der Waals surface area contributed by atoms with Crippen LogP contribution in [0.15, 0.2) is 18.2 Å². The molecule has 1 aromatic carbocycles. The minimum absolute atomic E-state index is 0.315. The lowest BCUT2D eigenvalue weighted by molar-refractivity contribution is 0.00578. The predicted octanol–water partition coefficient (Wildman–Crippen LogP) is 4.76. The lowest BCUT2D eigenvalue weighted by atomic mass is 9.76. The Hall–Kier alpha value is -1.43. The first-order valence-electron chi connectivity index (χ1n) is 9.89. The fourth-order valence-electron chi connectivity index (χ4n) is 3.53. The number of aromatic nitrogens is 2. The maximum absolute atomic E-state index is 6.21. The average Bonchev–Trinajstić information content (AvgIpc) is 2.80. The molecule has 0 atom stereocenters. The first-order valence-corrected chi connectivity index (χ1v) is 10.3. The van der Waals surface area contributed by atoms with E-state index in [1.54, 1.807) is 0 Å². The molecule has 150 valence electrons. The Morgan fingerprint density at radius 2 is 1.50 bits per heavy atom. The zero-order valence-electron chi connectivity index (χ0n) is 18.2. The number of hydrogen-bond acceptors (Lipinski definition) is 4. The van der Waals surface area contributed by atoms with Crippen molar-refractivity contribution in [3.63, 3.8) is 0 Å². The van der Waals surface area contributed by atoms with E-state index in [0.29, 0.717) is 11.1 Å². The molecule has 0 radical (unpaired) electrons. The average molecular weight is 401 g/mol. The van der Waals surface area contributed by atoms with Crippen LogP contribution in [0.3, 0.4) is 0 Å². The van der Waals surface area contributed by atoms with Gasteiger partial charge in [-0.3, -0.25) is 0 Å². The molecule has 2 aromatic rings. The van der Waals surface area contributed by atoms with Crippen molar-refractivity contribution in [3.8, 4) is 0 Å². The molecule has 0 amide bonds. The predicted molar refractivity (Wildman–Crippen MR) is 116 cm³/mol. The van der Waals surface area contributed by atoms with Crippen LogP contribution in [0.1, 0.15) is 75.4 Å². The van der Waals surface area contributed by atoms with Crippen LogP contribution in [-0.2, 0) is 15.7 Å². The topological polar surface area (TPSA) is 44.2 Å². The van der Waals surface area contributed by atoms with E-state index in [0.717, 1.165) is 23.1 Å². The zero-order valence-corrected chi connectivity index (χ0v) is 18.9. The molecule has 4 nitrogen and oxygen atoms in total. The summed E-state index contributed by atoms with van der Waals surface area (Å²) in [6.07, 6.45) is 0.727. The normalized spacial score (nSPS) is 18.1. The summed E-state index contributed by atoms with van der Waals surface area (Å²) in [5.41, 5.74) is 6.00. The molecule has 2 heterocycles. The van der Waals surface area contributed by atoms with E-state index in [1.807, 2.05) is 0 Å². The van der Waals surface area contributed by atoms with Crippen LogP contribution >= 0.6 is 11.6 Å². The van der Waals surface area contributed by atoms with Crippen LogP contribution in [0.5, 0.6) is 0 Å². The van der Waals surface area contributed by atoms with Crippen molar-refractivity contribution in [1.82, 2.24) is 10.2 Å². The van der Waals surface area contributed by atoms with Gasteiger partial charge in [0.2, 0.25) is 0 Å².